The first-order valence-electron chi connectivity index (χ1n) is 6.54. The summed E-state index contributed by atoms with van der Waals surface area (Å²) < 4.78 is 0. The van der Waals surface area contributed by atoms with E-state index in [9.17, 15) is 9.59 Å². The van der Waals surface area contributed by atoms with Crippen molar-refractivity contribution in [1.82, 2.24) is 10.3 Å². The summed E-state index contributed by atoms with van der Waals surface area (Å²) in [6.07, 6.45) is 3.14. The van der Waals surface area contributed by atoms with Crippen LogP contribution in [0.4, 0.5) is 11.5 Å². The molecule has 1 aliphatic heterocycles. The van der Waals surface area contributed by atoms with Crippen molar-refractivity contribution in [3.8, 4) is 0 Å². The number of piperidine rings is 1. The molecule has 7 nitrogen and oxygen atoms in total. The Labute approximate surface area is 117 Å². The summed E-state index contributed by atoms with van der Waals surface area (Å²) in [7, 11) is 0. The van der Waals surface area contributed by atoms with Crippen LogP contribution in [0.15, 0.2) is 12.3 Å². The Morgan fingerprint density at radius 2 is 2.05 bits per heavy atom. The highest BCUT2D eigenvalue weighted by atomic mass is 16.1. The van der Waals surface area contributed by atoms with E-state index >= 15 is 0 Å². The third kappa shape index (κ3) is 3.17. The van der Waals surface area contributed by atoms with E-state index in [0.717, 1.165) is 25.9 Å². The zero-order valence-corrected chi connectivity index (χ0v) is 11.4. The number of nitrogens with two attached hydrogens (primary N) is 2. The Morgan fingerprint density at radius 3 is 2.60 bits per heavy atom. The standard InChI is InChI=1S/C13H19N5O2/c1-8(19)17-9-2-4-18(5-3-9)12-6-10(13(15)20)11(14)7-16-12/h6-7,9H,2-5,14H2,1H3,(H2,15,20)(H,17,19). The lowest BCUT2D eigenvalue weighted by Crippen LogP contribution is -2.44. The van der Waals surface area contributed by atoms with Crippen LogP contribution in [0.1, 0.15) is 30.1 Å². The fourth-order valence-corrected chi connectivity index (χ4v) is 2.38. The predicted octanol–water partition coefficient (Wildman–Crippen LogP) is -0.132. The molecule has 0 saturated carbocycles. The van der Waals surface area contributed by atoms with Crippen LogP contribution in [0.2, 0.25) is 0 Å². The summed E-state index contributed by atoms with van der Waals surface area (Å²) in [5, 5.41) is 2.91. The number of rotatable bonds is 3. The van der Waals surface area contributed by atoms with Gasteiger partial charge in [-0.05, 0) is 18.9 Å². The lowest BCUT2D eigenvalue weighted by atomic mass is 10.0. The molecule has 1 aromatic heterocycles. The number of pyridine rings is 1. The van der Waals surface area contributed by atoms with Crippen molar-refractivity contribution >= 4 is 23.3 Å². The highest BCUT2D eigenvalue weighted by molar-refractivity contribution is 5.98. The van der Waals surface area contributed by atoms with Gasteiger partial charge >= 0.3 is 0 Å². The molecule has 0 aliphatic carbocycles. The maximum atomic E-state index is 11.3. The lowest BCUT2D eigenvalue weighted by molar-refractivity contribution is -0.119. The highest BCUT2D eigenvalue weighted by Crippen LogP contribution is 2.21. The molecule has 0 spiro atoms. The summed E-state index contributed by atoms with van der Waals surface area (Å²) in [5.41, 5.74) is 11.5. The molecule has 1 aliphatic rings. The van der Waals surface area contributed by atoms with Gasteiger partial charge in [0.15, 0.2) is 0 Å². The first kappa shape index (κ1) is 14.1. The number of carbonyl (C=O) groups excluding carboxylic acids is 2. The summed E-state index contributed by atoms with van der Waals surface area (Å²) in [4.78, 5) is 28.6. The first-order valence-corrected chi connectivity index (χ1v) is 6.54. The Hall–Kier alpha value is -2.31. The predicted molar refractivity (Wildman–Crippen MR) is 76.2 cm³/mol. The SMILES string of the molecule is CC(=O)NC1CCN(c2cc(C(N)=O)c(N)cn2)CC1. The third-order valence-corrected chi connectivity index (χ3v) is 3.41. The van der Waals surface area contributed by atoms with Gasteiger partial charge in [0.05, 0.1) is 17.4 Å². The number of amides is 2. The van der Waals surface area contributed by atoms with Gasteiger partial charge < -0.3 is 21.7 Å². The summed E-state index contributed by atoms with van der Waals surface area (Å²) in [6, 6.07) is 1.82. The second-order valence-corrected chi connectivity index (χ2v) is 4.96. The molecule has 0 aromatic carbocycles. The van der Waals surface area contributed by atoms with Crippen molar-refractivity contribution < 1.29 is 9.59 Å². The van der Waals surface area contributed by atoms with Crippen LogP contribution in [0.3, 0.4) is 0 Å². The van der Waals surface area contributed by atoms with Crippen LogP contribution in [-0.2, 0) is 4.79 Å². The number of primary amides is 1. The Kier molecular flexibility index (Phi) is 4.07. The van der Waals surface area contributed by atoms with Gasteiger partial charge in [0.1, 0.15) is 5.82 Å². The molecule has 20 heavy (non-hydrogen) atoms. The zero-order chi connectivity index (χ0) is 14.7. The lowest BCUT2D eigenvalue weighted by Gasteiger charge is -2.33. The second-order valence-electron chi connectivity index (χ2n) is 4.96. The first-order chi connectivity index (χ1) is 9.47. The van der Waals surface area contributed by atoms with Crippen molar-refractivity contribution in [1.29, 1.82) is 0 Å². The summed E-state index contributed by atoms with van der Waals surface area (Å²) in [5.74, 6) is 0.124. The number of nitrogens with zero attached hydrogens (tertiary/aromatic N) is 2. The second kappa shape index (κ2) is 5.77. The number of hydrogen-bond acceptors (Lipinski definition) is 5. The van der Waals surface area contributed by atoms with Crippen molar-refractivity contribution in [2.75, 3.05) is 23.7 Å². The monoisotopic (exact) mass is 277 g/mol. The molecule has 1 fully saturated rings. The van der Waals surface area contributed by atoms with Crippen LogP contribution in [-0.4, -0.2) is 35.9 Å². The van der Waals surface area contributed by atoms with Crippen LogP contribution in [0.5, 0.6) is 0 Å². The summed E-state index contributed by atoms with van der Waals surface area (Å²) in [6.45, 7) is 3.05. The molecular weight excluding hydrogens is 258 g/mol. The average Bonchev–Trinajstić information content (AvgIpc) is 2.39. The highest BCUT2D eigenvalue weighted by Gasteiger charge is 2.21. The number of aromatic nitrogens is 1. The minimum absolute atomic E-state index is 0.00919. The van der Waals surface area contributed by atoms with Gasteiger partial charge in [-0.25, -0.2) is 4.98 Å². The van der Waals surface area contributed by atoms with E-state index in [2.05, 4.69) is 15.2 Å². The summed E-state index contributed by atoms with van der Waals surface area (Å²) >= 11 is 0. The van der Waals surface area contributed by atoms with Crippen LogP contribution < -0.4 is 21.7 Å². The average molecular weight is 277 g/mol. The number of carbonyl (C=O) groups is 2. The molecule has 5 N–H and O–H groups in total. The maximum absolute atomic E-state index is 11.3. The van der Waals surface area contributed by atoms with Gasteiger partial charge in [-0.3, -0.25) is 9.59 Å². The van der Waals surface area contributed by atoms with Gasteiger partial charge in [0.25, 0.3) is 5.91 Å². The Bertz CT molecular complexity index is 523. The molecule has 2 heterocycles. The van der Waals surface area contributed by atoms with E-state index in [1.165, 1.54) is 13.1 Å². The fourth-order valence-electron chi connectivity index (χ4n) is 2.38. The molecule has 0 unspecified atom stereocenters. The Morgan fingerprint density at radius 1 is 1.40 bits per heavy atom. The van der Waals surface area contributed by atoms with E-state index in [0.29, 0.717) is 11.4 Å². The van der Waals surface area contributed by atoms with Crippen LogP contribution in [0.25, 0.3) is 0 Å². The van der Waals surface area contributed by atoms with E-state index in [1.807, 2.05) is 0 Å². The molecule has 2 rings (SSSR count). The van der Waals surface area contributed by atoms with E-state index in [1.54, 1.807) is 6.07 Å². The maximum Gasteiger partial charge on any atom is 0.250 e. The van der Waals surface area contributed by atoms with Crippen molar-refractivity contribution in [2.24, 2.45) is 5.73 Å². The van der Waals surface area contributed by atoms with Crippen LogP contribution in [0, 0.1) is 0 Å². The molecule has 0 bridgehead atoms. The minimum atomic E-state index is -0.556. The molecule has 0 radical (unpaired) electrons. The van der Waals surface area contributed by atoms with Gasteiger partial charge in [-0.15, -0.1) is 0 Å². The van der Waals surface area contributed by atoms with Gasteiger partial charge in [0, 0.05) is 26.1 Å². The van der Waals surface area contributed by atoms with Gasteiger partial charge in [-0.2, -0.15) is 0 Å². The molecular formula is C13H19N5O2. The third-order valence-electron chi connectivity index (χ3n) is 3.41. The smallest absolute Gasteiger partial charge is 0.250 e. The van der Waals surface area contributed by atoms with E-state index in [4.69, 9.17) is 11.5 Å². The largest absolute Gasteiger partial charge is 0.397 e. The molecule has 7 heteroatoms. The van der Waals surface area contributed by atoms with Gasteiger partial charge in [-0.1, -0.05) is 0 Å². The fraction of sp³-hybridized carbons (Fsp3) is 0.462. The minimum Gasteiger partial charge on any atom is -0.397 e. The van der Waals surface area contributed by atoms with Crippen LogP contribution >= 0.6 is 0 Å². The molecule has 1 saturated heterocycles. The molecule has 108 valence electrons. The van der Waals surface area contributed by atoms with E-state index in [-0.39, 0.29) is 17.6 Å². The quantitative estimate of drug-likeness (QED) is 0.712. The van der Waals surface area contributed by atoms with Crippen molar-refractivity contribution in [2.45, 2.75) is 25.8 Å². The molecule has 2 amide bonds. The molecule has 0 atom stereocenters. The number of anilines is 2. The molecule has 1 aromatic rings. The Balaban J connectivity index is 2.05. The topological polar surface area (TPSA) is 114 Å². The zero-order valence-electron chi connectivity index (χ0n) is 11.4. The number of nitrogen functional groups attached to an aromatic ring is 1. The van der Waals surface area contributed by atoms with Crippen molar-refractivity contribution in [3.63, 3.8) is 0 Å². The van der Waals surface area contributed by atoms with E-state index < -0.39 is 5.91 Å². The van der Waals surface area contributed by atoms with Crippen molar-refractivity contribution in [3.05, 3.63) is 17.8 Å². The normalized spacial score (nSPS) is 15.9. The van der Waals surface area contributed by atoms with Gasteiger partial charge in [0.2, 0.25) is 5.91 Å². The number of nitrogens with one attached hydrogen (secondary N) is 1. The number of hydrogen-bond donors (Lipinski definition) is 3.